The van der Waals surface area contributed by atoms with E-state index >= 15 is 0 Å². The average Bonchev–Trinajstić information content (AvgIpc) is 2.69. The third-order valence-corrected chi connectivity index (χ3v) is 2.75. The van der Waals surface area contributed by atoms with Crippen molar-refractivity contribution in [1.29, 1.82) is 0 Å². The van der Waals surface area contributed by atoms with Crippen LogP contribution in [0, 0.1) is 6.92 Å². The largest absolute Gasteiger partial charge is 0.396 e. The van der Waals surface area contributed by atoms with Crippen molar-refractivity contribution in [2.75, 3.05) is 17.6 Å². The summed E-state index contributed by atoms with van der Waals surface area (Å²) < 4.78 is 5.72. The summed E-state index contributed by atoms with van der Waals surface area (Å²) in [6.07, 6.45) is 3.97. The summed E-state index contributed by atoms with van der Waals surface area (Å²) in [5.41, 5.74) is 7.23. The standard InChI is InChI=1S/C10H12BrN5O/c1-6-15-9(16-17-6)2-3-14-10-7(11)4-13-5-8(10)12/h4-5H,2-3,12H2,1H3,(H,13,14). The molecule has 2 aromatic rings. The van der Waals surface area contributed by atoms with E-state index in [0.29, 0.717) is 30.4 Å². The Morgan fingerprint density at radius 2 is 2.29 bits per heavy atom. The van der Waals surface area contributed by atoms with E-state index in [0.717, 1.165) is 10.2 Å². The molecule has 0 bridgehead atoms. The molecule has 6 nitrogen and oxygen atoms in total. The van der Waals surface area contributed by atoms with Gasteiger partial charge in [-0.05, 0) is 15.9 Å². The van der Waals surface area contributed by atoms with Gasteiger partial charge in [-0.1, -0.05) is 5.16 Å². The lowest BCUT2D eigenvalue weighted by atomic mass is 10.3. The number of hydrogen-bond acceptors (Lipinski definition) is 6. The lowest BCUT2D eigenvalue weighted by Gasteiger charge is -2.09. The van der Waals surface area contributed by atoms with Gasteiger partial charge in [0, 0.05) is 26.1 Å². The molecule has 0 aliphatic carbocycles. The molecule has 7 heteroatoms. The normalized spacial score (nSPS) is 10.5. The van der Waals surface area contributed by atoms with Gasteiger partial charge in [0.25, 0.3) is 0 Å². The zero-order valence-electron chi connectivity index (χ0n) is 9.27. The van der Waals surface area contributed by atoms with Gasteiger partial charge in [0.05, 0.1) is 22.0 Å². The van der Waals surface area contributed by atoms with E-state index in [1.807, 2.05) is 0 Å². The summed E-state index contributed by atoms with van der Waals surface area (Å²) in [6.45, 7) is 2.44. The number of hydrogen-bond donors (Lipinski definition) is 2. The van der Waals surface area contributed by atoms with Crippen LogP contribution in [0.5, 0.6) is 0 Å². The van der Waals surface area contributed by atoms with Crippen LogP contribution in [0.25, 0.3) is 0 Å². The van der Waals surface area contributed by atoms with Gasteiger partial charge >= 0.3 is 0 Å². The van der Waals surface area contributed by atoms with Crippen LogP contribution in [-0.4, -0.2) is 21.7 Å². The molecule has 0 atom stereocenters. The molecule has 2 rings (SSSR count). The molecule has 0 aliphatic rings. The highest BCUT2D eigenvalue weighted by Gasteiger charge is 2.05. The van der Waals surface area contributed by atoms with Crippen molar-refractivity contribution in [3.63, 3.8) is 0 Å². The molecular formula is C10H12BrN5O. The number of nitrogen functional groups attached to an aromatic ring is 1. The van der Waals surface area contributed by atoms with Crippen LogP contribution in [0.4, 0.5) is 11.4 Å². The van der Waals surface area contributed by atoms with Crippen molar-refractivity contribution < 1.29 is 4.52 Å². The third kappa shape index (κ3) is 2.94. The van der Waals surface area contributed by atoms with Crippen LogP contribution >= 0.6 is 15.9 Å². The fraction of sp³-hybridized carbons (Fsp3) is 0.300. The summed E-state index contributed by atoms with van der Waals surface area (Å²) >= 11 is 3.38. The number of pyridine rings is 1. The molecule has 3 N–H and O–H groups in total. The first kappa shape index (κ1) is 11.8. The molecule has 2 heterocycles. The molecule has 0 aliphatic heterocycles. The van der Waals surface area contributed by atoms with Crippen LogP contribution in [0.15, 0.2) is 21.4 Å². The Morgan fingerprint density at radius 3 is 2.94 bits per heavy atom. The molecule has 0 spiro atoms. The first-order chi connectivity index (χ1) is 8.16. The van der Waals surface area contributed by atoms with Crippen molar-refractivity contribution in [3.05, 3.63) is 28.6 Å². The maximum absolute atomic E-state index is 5.80. The first-order valence-electron chi connectivity index (χ1n) is 5.09. The topological polar surface area (TPSA) is 89.9 Å². The van der Waals surface area contributed by atoms with Crippen molar-refractivity contribution in [3.8, 4) is 0 Å². The van der Waals surface area contributed by atoms with E-state index in [-0.39, 0.29) is 0 Å². The molecular weight excluding hydrogens is 286 g/mol. The summed E-state index contributed by atoms with van der Waals surface area (Å²) in [5.74, 6) is 1.25. The van der Waals surface area contributed by atoms with Crippen LogP contribution < -0.4 is 11.1 Å². The highest BCUT2D eigenvalue weighted by atomic mass is 79.9. The van der Waals surface area contributed by atoms with Gasteiger partial charge in [0.2, 0.25) is 5.89 Å². The van der Waals surface area contributed by atoms with Crippen LogP contribution in [-0.2, 0) is 6.42 Å². The number of nitrogens with two attached hydrogens (primary N) is 1. The second kappa shape index (κ2) is 5.13. The highest BCUT2D eigenvalue weighted by molar-refractivity contribution is 9.10. The van der Waals surface area contributed by atoms with Gasteiger partial charge in [-0.3, -0.25) is 4.98 Å². The number of anilines is 2. The van der Waals surface area contributed by atoms with Crippen molar-refractivity contribution in [2.24, 2.45) is 0 Å². The van der Waals surface area contributed by atoms with Gasteiger partial charge < -0.3 is 15.6 Å². The maximum atomic E-state index is 5.80. The summed E-state index contributed by atoms with van der Waals surface area (Å²) in [4.78, 5) is 8.08. The summed E-state index contributed by atoms with van der Waals surface area (Å²) in [6, 6.07) is 0. The molecule has 0 amide bonds. The van der Waals surface area contributed by atoms with Crippen LogP contribution in [0.3, 0.4) is 0 Å². The monoisotopic (exact) mass is 297 g/mol. The zero-order chi connectivity index (χ0) is 12.3. The number of nitrogens with one attached hydrogen (secondary N) is 1. The number of aromatic nitrogens is 3. The second-order valence-electron chi connectivity index (χ2n) is 3.49. The minimum absolute atomic E-state index is 0.574. The first-order valence-corrected chi connectivity index (χ1v) is 5.88. The Labute approximate surface area is 107 Å². The average molecular weight is 298 g/mol. The molecule has 2 aromatic heterocycles. The number of nitrogens with zero attached hydrogens (tertiary/aromatic N) is 3. The smallest absolute Gasteiger partial charge is 0.223 e. The van der Waals surface area contributed by atoms with E-state index in [1.54, 1.807) is 19.3 Å². The molecule has 0 saturated carbocycles. The van der Waals surface area contributed by atoms with Gasteiger partial charge in [-0.15, -0.1) is 0 Å². The zero-order valence-corrected chi connectivity index (χ0v) is 10.9. The SMILES string of the molecule is Cc1nc(CCNc2c(N)cncc2Br)no1. The quantitative estimate of drug-likeness (QED) is 0.894. The predicted octanol–water partition coefficient (Wildman–Crippen LogP) is 1.77. The Balaban J connectivity index is 1.94. The van der Waals surface area contributed by atoms with Gasteiger partial charge in [-0.25, -0.2) is 0 Å². The Bertz CT molecular complexity index is 493. The molecule has 0 saturated heterocycles. The second-order valence-corrected chi connectivity index (χ2v) is 4.35. The van der Waals surface area contributed by atoms with E-state index in [4.69, 9.17) is 10.3 Å². The maximum Gasteiger partial charge on any atom is 0.223 e. The number of halogens is 1. The van der Waals surface area contributed by atoms with E-state index in [9.17, 15) is 0 Å². The minimum atomic E-state index is 0.574. The fourth-order valence-corrected chi connectivity index (χ4v) is 1.87. The predicted molar refractivity (Wildman–Crippen MR) is 67.6 cm³/mol. The molecule has 0 fully saturated rings. The lowest BCUT2D eigenvalue weighted by molar-refractivity contribution is 0.387. The van der Waals surface area contributed by atoms with Crippen LogP contribution in [0.1, 0.15) is 11.7 Å². The van der Waals surface area contributed by atoms with E-state index < -0.39 is 0 Å². The molecule has 0 aromatic carbocycles. The molecule has 17 heavy (non-hydrogen) atoms. The van der Waals surface area contributed by atoms with Gasteiger partial charge in [0.15, 0.2) is 5.82 Å². The van der Waals surface area contributed by atoms with E-state index in [1.165, 1.54) is 0 Å². The summed E-state index contributed by atoms with van der Waals surface area (Å²) in [5, 5.41) is 7.02. The Morgan fingerprint density at radius 1 is 1.47 bits per heavy atom. The number of rotatable bonds is 4. The van der Waals surface area contributed by atoms with Gasteiger partial charge in [-0.2, -0.15) is 4.98 Å². The number of aryl methyl sites for hydroxylation is 1. The Hall–Kier alpha value is -1.63. The third-order valence-electron chi connectivity index (χ3n) is 2.15. The van der Waals surface area contributed by atoms with Gasteiger partial charge in [0.1, 0.15) is 0 Å². The molecule has 0 unspecified atom stereocenters. The highest BCUT2D eigenvalue weighted by Crippen LogP contribution is 2.26. The van der Waals surface area contributed by atoms with Crippen molar-refractivity contribution >= 4 is 27.3 Å². The van der Waals surface area contributed by atoms with Crippen molar-refractivity contribution in [2.45, 2.75) is 13.3 Å². The molecule has 90 valence electrons. The minimum Gasteiger partial charge on any atom is -0.396 e. The molecule has 0 radical (unpaired) electrons. The van der Waals surface area contributed by atoms with Crippen molar-refractivity contribution in [1.82, 2.24) is 15.1 Å². The fourth-order valence-electron chi connectivity index (χ4n) is 1.38. The lowest BCUT2D eigenvalue weighted by Crippen LogP contribution is -2.08. The summed E-state index contributed by atoms with van der Waals surface area (Å²) in [7, 11) is 0. The van der Waals surface area contributed by atoms with Crippen LogP contribution in [0.2, 0.25) is 0 Å². The van der Waals surface area contributed by atoms with E-state index in [2.05, 4.69) is 36.4 Å². The Kier molecular flexibility index (Phi) is 3.58.